The van der Waals surface area contributed by atoms with Crippen LogP contribution in [0.5, 0.6) is 0 Å². The van der Waals surface area contributed by atoms with Gasteiger partial charge in [0.15, 0.2) is 6.29 Å². The summed E-state index contributed by atoms with van der Waals surface area (Å²) in [7, 11) is 0. The van der Waals surface area contributed by atoms with Crippen molar-refractivity contribution in [2.45, 2.75) is 69.4 Å². The molecule has 1 saturated heterocycles. The molecule has 2 aromatic rings. The second kappa shape index (κ2) is 10.2. The minimum atomic E-state index is -0.0614. The number of ether oxygens (including phenoxy) is 3. The molecule has 3 nitrogen and oxygen atoms in total. The summed E-state index contributed by atoms with van der Waals surface area (Å²) in [6.07, 6.45) is 7.87. The molecule has 0 N–H and O–H groups in total. The predicted octanol–water partition coefficient (Wildman–Crippen LogP) is 6.39. The van der Waals surface area contributed by atoms with E-state index in [1.165, 1.54) is 17.5 Å². The van der Waals surface area contributed by atoms with Crippen molar-refractivity contribution in [2.24, 2.45) is 0 Å². The normalized spacial score (nSPS) is 27.6. The van der Waals surface area contributed by atoms with Crippen LogP contribution in [-0.2, 0) is 26.2 Å². The largest absolute Gasteiger partial charge is 0.374 e. The fraction of sp³-hybridized carbons (Fsp3) is 0.520. The standard InChI is InChI=1S/C25H31BrO3/c26-23-13-5-4-12-22(23)25(19-29-24-14-6-7-16-27-24)15-8-11-21(17-25)28-18-20-9-2-1-3-10-20/h1-5,9-10,12-13,21,24H,6-8,11,14-19H2. The van der Waals surface area contributed by atoms with E-state index in [2.05, 4.69) is 64.5 Å². The van der Waals surface area contributed by atoms with Gasteiger partial charge < -0.3 is 14.2 Å². The van der Waals surface area contributed by atoms with E-state index in [4.69, 9.17) is 14.2 Å². The van der Waals surface area contributed by atoms with Gasteiger partial charge in [0, 0.05) is 16.5 Å². The molecule has 2 aliphatic rings. The van der Waals surface area contributed by atoms with E-state index in [-0.39, 0.29) is 17.8 Å². The summed E-state index contributed by atoms with van der Waals surface area (Å²) >= 11 is 3.80. The fourth-order valence-corrected chi connectivity index (χ4v) is 5.38. The van der Waals surface area contributed by atoms with E-state index >= 15 is 0 Å². The van der Waals surface area contributed by atoms with Gasteiger partial charge in [-0.3, -0.25) is 0 Å². The Hall–Kier alpha value is -1.20. The van der Waals surface area contributed by atoms with Crippen molar-refractivity contribution >= 4 is 15.9 Å². The van der Waals surface area contributed by atoms with E-state index in [1.807, 2.05) is 6.07 Å². The van der Waals surface area contributed by atoms with Crippen molar-refractivity contribution in [3.8, 4) is 0 Å². The molecule has 3 atom stereocenters. The van der Waals surface area contributed by atoms with Gasteiger partial charge in [0.05, 0.1) is 19.3 Å². The molecular weight excluding hydrogens is 428 g/mol. The molecule has 156 valence electrons. The van der Waals surface area contributed by atoms with Gasteiger partial charge >= 0.3 is 0 Å². The van der Waals surface area contributed by atoms with Crippen molar-refractivity contribution < 1.29 is 14.2 Å². The van der Waals surface area contributed by atoms with Gasteiger partial charge in [0.2, 0.25) is 0 Å². The number of benzene rings is 2. The molecule has 1 aliphatic carbocycles. The molecule has 0 radical (unpaired) electrons. The zero-order valence-corrected chi connectivity index (χ0v) is 18.6. The zero-order chi connectivity index (χ0) is 19.9. The van der Waals surface area contributed by atoms with E-state index in [0.717, 1.165) is 49.6 Å². The average Bonchev–Trinajstić information content (AvgIpc) is 2.78. The second-order valence-electron chi connectivity index (χ2n) is 8.38. The maximum Gasteiger partial charge on any atom is 0.157 e. The summed E-state index contributed by atoms with van der Waals surface area (Å²) in [4.78, 5) is 0. The second-order valence-corrected chi connectivity index (χ2v) is 9.24. The van der Waals surface area contributed by atoms with Crippen LogP contribution in [0.2, 0.25) is 0 Å². The number of rotatable bonds is 7. The molecule has 0 spiro atoms. The van der Waals surface area contributed by atoms with Gasteiger partial charge in [-0.05, 0) is 62.1 Å². The quantitative estimate of drug-likeness (QED) is 0.480. The third kappa shape index (κ3) is 5.49. The highest BCUT2D eigenvalue weighted by molar-refractivity contribution is 9.10. The molecule has 0 amide bonds. The average molecular weight is 459 g/mol. The first-order chi connectivity index (χ1) is 14.3. The first-order valence-electron chi connectivity index (χ1n) is 10.9. The molecule has 1 heterocycles. The Morgan fingerprint density at radius 1 is 0.931 bits per heavy atom. The molecule has 2 aromatic carbocycles. The van der Waals surface area contributed by atoms with Crippen LogP contribution in [0.4, 0.5) is 0 Å². The lowest BCUT2D eigenvalue weighted by Crippen LogP contribution is -2.42. The van der Waals surface area contributed by atoms with Crippen LogP contribution in [0.1, 0.15) is 56.1 Å². The van der Waals surface area contributed by atoms with Gasteiger partial charge in [-0.25, -0.2) is 0 Å². The van der Waals surface area contributed by atoms with Crippen molar-refractivity contribution in [1.82, 2.24) is 0 Å². The Labute approximate surface area is 182 Å². The summed E-state index contributed by atoms with van der Waals surface area (Å²) in [6.45, 7) is 2.17. The van der Waals surface area contributed by atoms with Crippen molar-refractivity contribution in [2.75, 3.05) is 13.2 Å². The summed E-state index contributed by atoms with van der Waals surface area (Å²) in [6, 6.07) is 19.1. The van der Waals surface area contributed by atoms with Gasteiger partial charge in [-0.2, -0.15) is 0 Å². The van der Waals surface area contributed by atoms with E-state index in [9.17, 15) is 0 Å². The third-order valence-corrected chi connectivity index (χ3v) is 6.95. The van der Waals surface area contributed by atoms with E-state index in [1.54, 1.807) is 0 Å². The highest BCUT2D eigenvalue weighted by Crippen LogP contribution is 2.44. The Morgan fingerprint density at radius 3 is 2.55 bits per heavy atom. The van der Waals surface area contributed by atoms with Gasteiger partial charge in [0.1, 0.15) is 0 Å². The van der Waals surface area contributed by atoms with Crippen LogP contribution in [-0.4, -0.2) is 25.6 Å². The summed E-state index contributed by atoms with van der Waals surface area (Å²) in [5, 5.41) is 0. The minimum absolute atomic E-state index is 0.0412. The summed E-state index contributed by atoms with van der Waals surface area (Å²) in [5.74, 6) is 0. The first kappa shape index (κ1) is 21.0. The third-order valence-electron chi connectivity index (χ3n) is 6.26. The lowest BCUT2D eigenvalue weighted by atomic mass is 9.69. The Balaban J connectivity index is 1.48. The first-order valence-corrected chi connectivity index (χ1v) is 11.7. The topological polar surface area (TPSA) is 27.7 Å². The van der Waals surface area contributed by atoms with E-state index < -0.39 is 0 Å². The molecule has 2 fully saturated rings. The van der Waals surface area contributed by atoms with Crippen LogP contribution < -0.4 is 0 Å². The molecular formula is C25H31BrO3. The van der Waals surface area contributed by atoms with Crippen LogP contribution in [0.15, 0.2) is 59.1 Å². The van der Waals surface area contributed by atoms with Crippen molar-refractivity contribution in [1.29, 1.82) is 0 Å². The van der Waals surface area contributed by atoms with Crippen LogP contribution >= 0.6 is 15.9 Å². The van der Waals surface area contributed by atoms with Gasteiger partial charge in [-0.1, -0.05) is 64.5 Å². The zero-order valence-electron chi connectivity index (χ0n) is 17.0. The number of hydrogen-bond donors (Lipinski definition) is 0. The Bertz CT molecular complexity index is 760. The molecule has 3 unspecified atom stereocenters. The van der Waals surface area contributed by atoms with Crippen LogP contribution in [0.3, 0.4) is 0 Å². The highest BCUT2D eigenvalue weighted by atomic mass is 79.9. The Morgan fingerprint density at radius 2 is 1.76 bits per heavy atom. The lowest BCUT2D eigenvalue weighted by molar-refractivity contribution is -0.177. The highest BCUT2D eigenvalue weighted by Gasteiger charge is 2.40. The maximum atomic E-state index is 6.38. The van der Waals surface area contributed by atoms with Crippen molar-refractivity contribution in [3.05, 3.63) is 70.2 Å². The van der Waals surface area contributed by atoms with Crippen LogP contribution in [0, 0.1) is 0 Å². The van der Waals surface area contributed by atoms with E-state index in [0.29, 0.717) is 13.2 Å². The molecule has 0 bridgehead atoms. The molecule has 1 aliphatic heterocycles. The molecule has 1 saturated carbocycles. The summed E-state index contributed by atoms with van der Waals surface area (Å²) in [5.41, 5.74) is 2.53. The van der Waals surface area contributed by atoms with Crippen LogP contribution in [0.25, 0.3) is 0 Å². The molecule has 4 rings (SSSR count). The Kier molecular flexibility index (Phi) is 7.41. The smallest absolute Gasteiger partial charge is 0.157 e. The molecule has 29 heavy (non-hydrogen) atoms. The monoisotopic (exact) mass is 458 g/mol. The number of hydrogen-bond acceptors (Lipinski definition) is 3. The van der Waals surface area contributed by atoms with Gasteiger partial charge in [-0.15, -0.1) is 0 Å². The predicted molar refractivity (Wildman–Crippen MR) is 119 cm³/mol. The minimum Gasteiger partial charge on any atom is -0.374 e. The maximum absolute atomic E-state index is 6.38. The summed E-state index contributed by atoms with van der Waals surface area (Å²) < 4.78 is 19.7. The molecule has 0 aromatic heterocycles. The number of halogens is 1. The lowest BCUT2D eigenvalue weighted by Gasteiger charge is -2.42. The SMILES string of the molecule is Brc1ccccc1C1(COC2CCCCO2)CCCC(OCc2ccccc2)C1. The van der Waals surface area contributed by atoms with Crippen molar-refractivity contribution in [3.63, 3.8) is 0 Å². The van der Waals surface area contributed by atoms with Gasteiger partial charge in [0.25, 0.3) is 0 Å². The fourth-order valence-electron chi connectivity index (χ4n) is 4.68. The molecule has 4 heteroatoms.